The molecule has 1 aromatic heterocycles. The van der Waals surface area contributed by atoms with Crippen LogP contribution in [0.25, 0.3) is 0 Å². The van der Waals surface area contributed by atoms with Gasteiger partial charge in [-0.3, -0.25) is 4.79 Å². The number of halogens is 2. The van der Waals surface area contributed by atoms with Gasteiger partial charge in [0.15, 0.2) is 0 Å². The summed E-state index contributed by atoms with van der Waals surface area (Å²) in [6.45, 7) is 6.06. The number of nitrogens with two attached hydrogens (primary N) is 1. The van der Waals surface area contributed by atoms with Gasteiger partial charge in [0, 0.05) is 25.6 Å². The number of carbonyl (C=O) groups is 1. The lowest BCUT2D eigenvalue weighted by Gasteiger charge is -2.27. The van der Waals surface area contributed by atoms with Gasteiger partial charge in [0.05, 0.1) is 11.9 Å². The molecule has 1 aliphatic rings. The first-order valence-corrected chi connectivity index (χ1v) is 8.40. The highest BCUT2D eigenvalue weighted by Crippen LogP contribution is 2.26. The number of carbonyl (C=O) groups excluding carboxylic acids is 1. The summed E-state index contributed by atoms with van der Waals surface area (Å²) in [6, 6.07) is 4.04. The Hall–Kier alpha value is -1.04. The third kappa shape index (κ3) is 6.46. The smallest absolute Gasteiger partial charge is 0.224 e. The number of rotatable bonds is 6. The maximum absolute atomic E-state index is 12.2. The molecule has 0 aromatic carbocycles. The highest BCUT2D eigenvalue weighted by atomic mass is 35.5. The minimum absolute atomic E-state index is 0. The number of pyridine rings is 1. The maximum Gasteiger partial charge on any atom is 0.224 e. The van der Waals surface area contributed by atoms with E-state index >= 15 is 0 Å². The van der Waals surface area contributed by atoms with Crippen molar-refractivity contribution in [2.45, 2.75) is 52.0 Å². The second-order valence-corrected chi connectivity index (χ2v) is 6.04. The van der Waals surface area contributed by atoms with Crippen molar-refractivity contribution in [1.29, 1.82) is 0 Å². The van der Waals surface area contributed by atoms with Crippen LogP contribution in [0.2, 0.25) is 0 Å². The number of hydrogen-bond donors (Lipinski definition) is 2. The minimum atomic E-state index is 0. The molecule has 2 atom stereocenters. The van der Waals surface area contributed by atoms with Gasteiger partial charge in [0.25, 0.3) is 0 Å². The molecule has 1 heterocycles. The highest BCUT2D eigenvalue weighted by molar-refractivity contribution is 5.90. The summed E-state index contributed by atoms with van der Waals surface area (Å²) in [6.07, 6.45) is 6.72. The van der Waals surface area contributed by atoms with Crippen molar-refractivity contribution in [2.24, 2.45) is 11.7 Å². The molecule has 1 fully saturated rings. The molecule has 1 saturated carbocycles. The van der Waals surface area contributed by atoms with E-state index in [-0.39, 0.29) is 36.8 Å². The van der Waals surface area contributed by atoms with Crippen LogP contribution in [-0.4, -0.2) is 30.0 Å². The van der Waals surface area contributed by atoms with Gasteiger partial charge in [0.1, 0.15) is 5.82 Å². The molecule has 2 rings (SSSR count). The fraction of sp³-hybridized carbons (Fsp3) is 0.647. The Kier molecular flexibility index (Phi) is 11.0. The highest BCUT2D eigenvalue weighted by Gasteiger charge is 2.24. The van der Waals surface area contributed by atoms with Crippen molar-refractivity contribution >= 4 is 42.2 Å². The average Bonchev–Trinajstić information content (AvgIpc) is 2.52. The molecule has 5 nitrogen and oxygen atoms in total. The standard InChI is InChI=1S/C17H28N4O.2ClH/c1-3-21(4-2)16-10-9-14(12-19-16)20-17(22)11-13-7-5-6-8-15(13)18;;/h9-10,12-13,15H,3-8,11,18H2,1-2H3,(H,20,22);2*1H. The summed E-state index contributed by atoms with van der Waals surface area (Å²) >= 11 is 0. The summed E-state index contributed by atoms with van der Waals surface area (Å²) in [5, 5.41) is 2.94. The van der Waals surface area contributed by atoms with Crippen LogP contribution in [0.5, 0.6) is 0 Å². The largest absolute Gasteiger partial charge is 0.357 e. The summed E-state index contributed by atoms with van der Waals surface area (Å²) < 4.78 is 0. The van der Waals surface area contributed by atoms with Gasteiger partial charge in [-0.15, -0.1) is 24.8 Å². The van der Waals surface area contributed by atoms with E-state index in [9.17, 15) is 4.79 Å². The van der Waals surface area contributed by atoms with Crippen LogP contribution >= 0.6 is 24.8 Å². The lowest BCUT2D eigenvalue weighted by molar-refractivity contribution is -0.117. The van der Waals surface area contributed by atoms with Crippen LogP contribution < -0.4 is 16.0 Å². The summed E-state index contributed by atoms with van der Waals surface area (Å²) in [5.74, 6) is 1.30. The number of hydrogen-bond acceptors (Lipinski definition) is 4. The van der Waals surface area contributed by atoms with Gasteiger partial charge in [0.2, 0.25) is 5.91 Å². The summed E-state index contributed by atoms with van der Waals surface area (Å²) in [5.41, 5.74) is 6.86. The van der Waals surface area contributed by atoms with Crippen LogP contribution in [0.3, 0.4) is 0 Å². The second-order valence-electron chi connectivity index (χ2n) is 6.04. The fourth-order valence-electron chi connectivity index (χ4n) is 3.13. The minimum Gasteiger partial charge on any atom is -0.357 e. The first-order valence-electron chi connectivity index (χ1n) is 8.40. The molecule has 0 radical (unpaired) electrons. The summed E-state index contributed by atoms with van der Waals surface area (Å²) in [7, 11) is 0. The van der Waals surface area contributed by atoms with Crippen molar-refractivity contribution in [3.63, 3.8) is 0 Å². The zero-order valence-corrected chi connectivity index (χ0v) is 16.2. The topological polar surface area (TPSA) is 71.2 Å². The molecule has 138 valence electrons. The van der Waals surface area contributed by atoms with Crippen molar-refractivity contribution < 1.29 is 4.79 Å². The fourth-order valence-corrected chi connectivity index (χ4v) is 3.13. The molecule has 0 spiro atoms. The lowest BCUT2D eigenvalue weighted by atomic mass is 9.83. The van der Waals surface area contributed by atoms with E-state index in [4.69, 9.17) is 5.73 Å². The molecule has 1 aliphatic carbocycles. The Morgan fingerprint density at radius 2 is 1.92 bits per heavy atom. The van der Waals surface area contributed by atoms with Crippen LogP contribution in [0, 0.1) is 5.92 Å². The second kappa shape index (κ2) is 11.5. The first kappa shape index (κ1) is 23.0. The predicted molar refractivity (Wildman–Crippen MR) is 105 cm³/mol. The first-order chi connectivity index (χ1) is 10.6. The molecule has 1 aromatic rings. The molecule has 2 unspecified atom stereocenters. The van der Waals surface area contributed by atoms with Crippen molar-refractivity contribution in [3.8, 4) is 0 Å². The van der Waals surface area contributed by atoms with Gasteiger partial charge < -0.3 is 16.0 Å². The molecular weight excluding hydrogens is 347 g/mol. The predicted octanol–water partition coefficient (Wildman–Crippen LogP) is 3.62. The van der Waals surface area contributed by atoms with E-state index in [0.29, 0.717) is 12.3 Å². The van der Waals surface area contributed by atoms with Crippen LogP contribution in [0.15, 0.2) is 18.3 Å². The number of nitrogens with one attached hydrogen (secondary N) is 1. The molecule has 3 N–H and O–H groups in total. The van der Waals surface area contributed by atoms with Crippen molar-refractivity contribution in [2.75, 3.05) is 23.3 Å². The van der Waals surface area contributed by atoms with E-state index in [1.165, 1.54) is 12.8 Å². The Morgan fingerprint density at radius 1 is 1.25 bits per heavy atom. The van der Waals surface area contributed by atoms with Gasteiger partial charge >= 0.3 is 0 Å². The van der Waals surface area contributed by atoms with E-state index in [1.807, 2.05) is 12.1 Å². The third-order valence-electron chi connectivity index (χ3n) is 4.53. The van der Waals surface area contributed by atoms with Crippen LogP contribution in [-0.2, 0) is 4.79 Å². The molecule has 24 heavy (non-hydrogen) atoms. The molecule has 1 amide bonds. The summed E-state index contributed by atoms with van der Waals surface area (Å²) in [4.78, 5) is 18.7. The average molecular weight is 377 g/mol. The van der Waals surface area contributed by atoms with Gasteiger partial charge in [-0.1, -0.05) is 12.8 Å². The Balaban J connectivity index is 0.00000264. The van der Waals surface area contributed by atoms with E-state index < -0.39 is 0 Å². The Bertz CT molecular complexity index is 480. The van der Waals surface area contributed by atoms with Crippen LogP contribution in [0.4, 0.5) is 11.5 Å². The monoisotopic (exact) mass is 376 g/mol. The molecule has 0 aliphatic heterocycles. The molecular formula is C17H30Cl2N4O. The van der Waals surface area contributed by atoms with Crippen molar-refractivity contribution in [1.82, 2.24) is 4.98 Å². The Morgan fingerprint density at radius 3 is 2.46 bits per heavy atom. The van der Waals surface area contributed by atoms with E-state index in [0.717, 1.165) is 37.4 Å². The van der Waals surface area contributed by atoms with E-state index in [2.05, 4.69) is 29.0 Å². The number of aromatic nitrogens is 1. The van der Waals surface area contributed by atoms with Gasteiger partial charge in [-0.2, -0.15) is 0 Å². The van der Waals surface area contributed by atoms with E-state index in [1.54, 1.807) is 6.20 Å². The Labute approximate surface area is 157 Å². The van der Waals surface area contributed by atoms with Gasteiger partial charge in [-0.25, -0.2) is 4.98 Å². The molecule has 0 saturated heterocycles. The molecule has 0 bridgehead atoms. The zero-order valence-electron chi connectivity index (χ0n) is 14.5. The lowest BCUT2D eigenvalue weighted by Crippen LogP contribution is -2.35. The number of nitrogens with zero attached hydrogens (tertiary/aromatic N) is 2. The van der Waals surface area contributed by atoms with Crippen LogP contribution in [0.1, 0.15) is 46.0 Å². The number of anilines is 2. The maximum atomic E-state index is 12.2. The third-order valence-corrected chi connectivity index (χ3v) is 4.53. The van der Waals surface area contributed by atoms with Crippen molar-refractivity contribution in [3.05, 3.63) is 18.3 Å². The number of amides is 1. The quantitative estimate of drug-likeness (QED) is 0.794. The zero-order chi connectivity index (χ0) is 15.9. The SMILES string of the molecule is CCN(CC)c1ccc(NC(=O)CC2CCCCC2N)cn1.Cl.Cl. The molecule has 7 heteroatoms. The van der Waals surface area contributed by atoms with Gasteiger partial charge in [-0.05, 0) is 44.7 Å². The normalized spacial score (nSPS) is 19.6.